The lowest BCUT2D eigenvalue weighted by Gasteiger charge is -2.29. The van der Waals surface area contributed by atoms with Gasteiger partial charge in [0.25, 0.3) is 0 Å². The van der Waals surface area contributed by atoms with Crippen molar-refractivity contribution in [3.05, 3.63) is 0 Å². The van der Waals surface area contributed by atoms with Crippen molar-refractivity contribution in [2.75, 3.05) is 21.3 Å². The summed E-state index contributed by atoms with van der Waals surface area (Å²) in [4.78, 5) is 0. The second kappa shape index (κ2) is 6.03. The Morgan fingerprint density at radius 3 is 1.64 bits per heavy atom. The zero-order valence-corrected chi connectivity index (χ0v) is 11.0. The average Bonchev–Trinajstić information content (AvgIpc) is 2.08. The molecule has 0 aromatic rings. The fourth-order valence-corrected chi connectivity index (χ4v) is 11.1. The summed E-state index contributed by atoms with van der Waals surface area (Å²) in [5, 5.41) is 0. The van der Waals surface area contributed by atoms with Crippen LogP contribution < -0.4 is 0 Å². The van der Waals surface area contributed by atoms with Crippen LogP contribution in [0, 0.1) is 0 Å². The molecular weight excluding hydrogens is 240 g/mol. The van der Waals surface area contributed by atoms with Crippen molar-refractivity contribution in [1.29, 1.82) is 0 Å². The van der Waals surface area contributed by atoms with E-state index < -0.39 is 16.4 Å². The molecule has 0 bridgehead atoms. The van der Waals surface area contributed by atoms with Crippen LogP contribution >= 0.6 is 41.6 Å². The molecule has 8 heteroatoms. The van der Waals surface area contributed by atoms with Gasteiger partial charge in [0, 0.05) is 21.3 Å². The molecule has 0 aliphatic carbocycles. The third-order valence-corrected chi connectivity index (χ3v) is 16.6. The first-order chi connectivity index (χ1) is 5.16. The molecule has 0 spiro atoms. The fourth-order valence-electron chi connectivity index (χ4n) is 0.534. The summed E-state index contributed by atoms with van der Waals surface area (Å²) >= 11 is 8.32. The molecule has 0 aromatic heterocycles. The van der Waals surface area contributed by atoms with E-state index in [-0.39, 0.29) is 0 Å². The fraction of sp³-hybridized carbons (Fsp3) is 1.00. The number of thiol groups is 3. The van der Waals surface area contributed by atoms with Crippen molar-refractivity contribution in [3.63, 3.8) is 0 Å². The molecule has 0 rings (SSSR count). The lowest BCUT2D eigenvalue weighted by molar-refractivity contribution is 0.152. The Labute approximate surface area is 83.9 Å². The standard InChI is InChI=1S/C3H12O3S4Si/c1-4-11(5-2,6-3)10(8)9-7/h7-8,10H,1-3H3. The predicted molar refractivity (Wildman–Crippen MR) is 61.3 cm³/mol. The summed E-state index contributed by atoms with van der Waals surface area (Å²) in [6.45, 7) is 0. The minimum atomic E-state index is -2.51. The van der Waals surface area contributed by atoms with Crippen molar-refractivity contribution >= 4 is 49.5 Å². The van der Waals surface area contributed by atoms with Gasteiger partial charge in [0.15, 0.2) is 0 Å². The van der Waals surface area contributed by atoms with E-state index in [1.807, 2.05) is 0 Å². The van der Waals surface area contributed by atoms with Gasteiger partial charge in [-0.3, -0.25) is 0 Å². The van der Waals surface area contributed by atoms with Crippen LogP contribution in [0.3, 0.4) is 0 Å². The molecule has 0 fully saturated rings. The number of rotatable bonds is 5. The Kier molecular flexibility index (Phi) is 6.85. The van der Waals surface area contributed by atoms with Crippen LogP contribution in [0.5, 0.6) is 0 Å². The van der Waals surface area contributed by atoms with E-state index in [1.54, 1.807) is 21.3 Å². The molecule has 0 amide bonds. The third kappa shape index (κ3) is 3.03. The lowest BCUT2D eigenvalue weighted by Crippen LogP contribution is -2.40. The van der Waals surface area contributed by atoms with Crippen LogP contribution in [0.2, 0.25) is 0 Å². The van der Waals surface area contributed by atoms with Gasteiger partial charge in [0.05, 0.1) is 0 Å². The monoisotopic (exact) mass is 252 g/mol. The molecule has 0 aliphatic rings. The zero-order valence-electron chi connectivity index (χ0n) is 6.47. The summed E-state index contributed by atoms with van der Waals surface area (Å²) in [6.07, 6.45) is 0. The molecule has 70 valence electrons. The van der Waals surface area contributed by atoms with Crippen molar-refractivity contribution in [3.8, 4) is 0 Å². The molecule has 0 aromatic carbocycles. The summed E-state index contributed by atoms with van der Waals surface area (Å²) in [6, 6.07) is 0. The summed E-state index contributed by atoms with van der Waals surface area (Å²) in [7, 11) is 2.72. The Morgan fingerprint density at radius 2 is 1.55 bits per heavy atom. The maximum Gasteiger partial charge on any atom is 0.572 e. The van der Waals surface area contributed by atoms with E-state index in [0.717, 1.165) is 0 Å². The molecule has 0 saturated heterocycles. The van der Waals surface area contributed by atoms with Crippen LogP contribution in [-0.2, 0) is 13.3 Å². The predicted octanol–water partition coefficient (Wildman–Crippen LogP) is 1.70. The first-order valence-corrected chi connectivity index (χ1v) is 10.2. The van der Waals surface area contributed by atoms with Crippen LogP contribution in [0.4, 0.5) is 0 Å². The lowest BCUT2D eigenvalue weighted by atomic mass is 11.8. The largest absolute Gasteiger partial charge is 0.572 e. The van der Waals surface area contributed by atoms with Gasteiger partial charge in [-0.15, -0.1) is 23.3 Å². The van der Waals surface area contributed by atoms with Gasteiger partial charge >= 0.3 is 7.95 Å². The Hall–Kier alpha value is 1.50. The smallest absolute Gasteiger partial charge is 0.369 e. The van der Waals surface area contributed by atoms with Gasteiger partial charge < -0.3 is 13.3 Å². The second-order valence-electron chi connectivity index (χ2n) is 1.49. The molecule has 3 nitrogen and oxygen atoms in total. The van der Waals surface area contributed by atoms with E-state index in [0.29, 0.717) is 0 Å². The summed E-state index contributed by atoms with van der Waals surface area (Å²) in [5.41, 5.74) is 0. The van der Waals surface area contributed by atoms with Crippen molar-refractivity contribution in [2.45, 2.75) is 0 Å². The van der Waals surface area contributed by atoms with Gasteiger partial charge in [-0.2, -0.15) is 0 Å². The average molecular weight is 252 g/mol. The molecule has 0 N–H and O–H groups in total. The van der Waals surface area contributed by atoms with E-state index in [1.165, 1.54) is 9.83 Å². The third-order valence-electron chi connectivity index (χ3n) is 1.09. The molecule has 11 heavy (non-hydrogen) atoms. The minimum Gasteiger partial charge on any atom is -0.369 e. The summed E-state index contributed by atoms with van der Waals surface area (Å²) < 4.78 is 15.5. The zero-order chi connectivity index (χ0) is 8.91. The van der Waals surface area contributed by atoms with Gasteiger partial charge in [0.1, 0.15) is 0 Å². The van der Waals surface area contributed by atoms with E-state index in [2.05, 4.69) is 23.3 Å². The molecule has 1 atom stereocenters. The van der Waals surface area contributed by atoms with Crippen LogP contribution in [0.1, 0.15) is 0 Å². The van der Waals surface area contributed by atoms with E-state index in [4.69, 9.17) is 13.3 Å². The molecule has 0 aliphatic heterocycles. The van der Waals surface area contributed by atoms with Gasteiger partial charge in [-0.25, -0.2) is 0 Å². The first-order valence-electron chi connectivity index (χ1n) is 2.63. The van der Waals surface area contributed by atoms with Gasteiger partial charge in [-0.05, 0) is 9.83 Å². The van der Waals surface area contributed by atoms with Crippen LogP contribution in [0.15, 0.2) is 0 Å². The molecular formula is C3H12O3S4Si. The van der Waals surface area contributed by atoms with Crippen molar-refractivity contribution in [2.24, 2.45) is 0 Å². The van der Waals surface area contributed by atoms with Crippen LogP contribution in [0.25, 0.3) is 0 Å². The highest BCUT2D eigenvalue weighted by atomic mass is 33.8. The number of hydrogen-bond donors (Lipinski definition) is 3. The number of hydrogen-bond acceptors (Lipinski definition) is 6. The molecule has 0 heterocycles. The quantitative estimate of drug-likeness (QED) is 0.394. The second-order valence-corrected chi connectivity index (χ2v) is 14.6. The topological polar surface area (TPSA) is 27.7 Å². The Morgan fingerprint density at radius 1 is 1.18 bits per heavy atom. The maximum absolute atomic E-state index is 5.17. The first kappa shape index (κ1) is 12.5. The molecule has 0 saturated carbocycles. The van der Waals surface area contributed by atoms with Crippen molar-refractivity contribution < 1.29 is 13.3 Å². The van der Waals surface area contributed by atoms with Crippen molar-refractivity contribution in [1.82, 2.24) is 0 Å². The SMILES string of the molecule is CO[Si](OC)(OC)[SH](S)SS. The Balaban J connectivity index is 4.26. The highest BCUT2D eigenvalue weighted by Gasteiger charge is 2.44. The van der Waals surface area contributed by atoms with Gasteiger partial charge in [-0.1, -0.05) is 8.41 Å². The van der Waals surface area contributed by atoms with E-state index in [9.17, 15) is 0 Å². The Bertz CT molecular complexity index is 102. The summed E-state index contributed by atoms with van der Waals surface area (Å²) in [5.74, 6) is 0. The molecule has 0 radical (unpaired) electrons. The normalized spacial score (nSPS) is 16.6. The highest BCUT2D eigenvalue weighted by Crippen LogP contribution is 2.55. The van der Waals surface area contributed by atoms with Gasteiger partial charge in [0.2, 0.25) is 0 Å². The minimum absolute atomic E-state index is 0.779. The van der Waals surface area contributed by atoms with Crippen LogP contribution in [-0.4, -0.2) is 29.3 Å². The molecule has 1 unspecified atom stereocenters. The highest BCUT2D eigenvalue weighted by molar-refractivity contribution is 9.33. The maximum atomic E-state index is 5.17. The van der Waals surface area contributed by atoms with E-state index >= 15 is 0 Å².